The van der Waals surface area contributed by atoms with Crippen LogP contribution >= 0.6 is 11.3 Å². The van der Waals surface area contributed by atoms with Crippen LogP contribution in [-0.4, -0.2) is 20.9 Å². The third kappa shape index (κ3) is 3.64. The third-order valence-electron chi connectivity index (χ3n) is 3.05. The van der Waals surface area contributed by atoms with Gasteiger partial charge in [-0.05, 0) is 31.9 Å². The number of aromatic carboxylic acids is 1. The second kappa shape index (κ2) is 6.30. The number of aromatic nitrogens is 2. The van der Waals surface area contributed by atoms with Crippen LogP contribution in [-0.2, 0) is 6.61 Å². The van der Waals surface area contributed by atoms with Crippen LogP contribution in [0.25, 0.3) is 0 Å². The summed E-state index contributed by atoms with van der Waals surface area (Å²) in [5.74, 6) is -0.240. The third-order valence-corrected chi connectivity index (χ3v) is 4.45. The minimum absolute atomic E-state index is 0.252. The van der Waals surface area contributed by atoms with Gasteiger partial charge in [0.05, 0.1) is 5.69 Å². The van der Waals surface area contributed by atoms with E-state index in [0.29, 0.717) is 11.8 Å². The predicted molar refractivity (Wildman–Crippen MR) is 82.3 cm³/mol. The van der Waals surface area contributed by atoms with Gasteiger partial charge in [0.1, 0.15) is 12.4 Å². The Kier molecular flexibility index (Phi) is 4.67. The van der Waals surface area contributed by atoms with Gasteiger partial charge in [0.25, 0.3) is 0 Å². The Labute approximate surface area is 128 Å². The number of nitrogens with zero attached hydrogens (tertiary/aromatic N) is 2. The van der Waals surface area contributed by atoms with Gasteiger partial charge in [-0.1, -0.05) is 13.8 Å². The molecule has 0 amide bonds. The Morgan fingerprint density at radius 2 is 2.14 bits per heavy atom. The van der Waals surface area contributed by atoms with E-state index >= 15 is 0 Å². The minimum Gasteiger partial charge on any atom is -0.485 e. The van der Waals surface area contributed by atoms with E-state index < -0.39 is 5.97 Å². The van der Waals surface area contributed by atoms with Crippen molar-refractivity contribution in [1.82, 2.24) is 9.78 Å². The molecule has 0 bridgehead atoms. The number of thiophene rings is 1. The average Bonchev–Trinajstić information content (AvgIpc) is 3.03. The standard InChI is InChI=1S/C15H20N2O3S/c1-9(2)13-7-12(14(21-13)15(18)19)20-8-11-5-6-17(16-11)10(3)4/h5-7,9-10H,8H2,1-4H3,(H,18,19). The molecule has 114 valence electrons. The quantitative estimate of drug-likeness (QED) is 0.878. The maximum Gasteiger partial charge on any atom is 0.349 e. The van der Waals surface area contributed by atoms with E-state index in [2.05, 4.69) is 5.10 Å². The summed E-state index contributed by atoms with van der Waals surface area (Å²) in [6, 6.07) is 4.00. The molecule has 5 nitrogen and oxygen atoms in total. The lowest BCUT2D eigenvalue weighted by atomic mass is 10.2. The highest BCUT2D eigenvalue weighted by molar-refractivity contribution is 7.14. The largest absolute Gasteiger partial charge is 0.485 e. The van der Waals surface area contributed by atoms with Crippen molar-refractivity contribution >= 4 is 17.3 Å². The monoisotopic (exact) mass is 308 g/mol. The van der Waals surface area contributed by atoms with Crippen molar-refractivity contribution in [1.29, 1.82) is 0 Å². The first-order chi connectivity index (χ1) is 9.88. The summed E-state index contributed by atoms with van der Waals surface area (Å²) in [6.07, 6.45) is 1.90. The van der Waals surface area contributed by atoms with Crippen LogP contribution < -0.4 is 4.74 Å². The Morgan fingerprint density at radius 3 is 2.67 bits per heavy atom. The average molecular weight is 308 g/mol. The first-order valence-electron chi connectivity index (χ1n) is 6.92. The molecule has 0 aliphatic carbocycles. The van der Waals surface area contributed by atoms with Crippen molar-refractivity contribution in [3.8, 4) is 5.75 Å². The molecule has 2 aromatic heterocycles. The molecule has 0 aromatic carbocycles. The molecule has 21 heavy (non-hydrogen) atoms. The van der Waals surface area contributed by atoms with Crippen LogP contribution in [0.15, 0.2) is 18.3 Å². The smallest absolute Gasteiger partial charge is 0.349 e. The highest BCUT2D eigenvalue weighted by atomic mass is 32.1. The zero-order valence-corrected chi connectivity index (χ0v) is 13.5. The van der Waals surface area contributed by atoms with Crippen molar-refractivity contribution in [3.63, 3.8) is 0 Å². The predicted octanol–water partition coefficient (Wildman–Crippen LogP) is 3.93. The van der Waals surface area contributed by atoms with E-state index in [1.807, 2.05) is 50.7 Å². The zero-order valence-electron chi connectivity index (χ0n) is 12.7. The van der Waals surface area contributed by atoms with Crippen LogP contribution in [0.5, 0.6) is 5.75 Å². The van der Waals surface area contributed by atoms with E-state index in [4.69, 9.17) is 4.74 Å². The maximum atomic E-state index is 11.3. The molecule has 2 heterocycles. The Bertz CT molecular complexity index is 629. The van der Waals surface area contributed by atoms with Gasteiger partial charge in [-0.15, -0.1) is 11.3 Å². The summed E-state index contributed by atoms with van der Waals surface area (Å²) in [7, 11) is 0. The Hall–Kier alpha value is -1.82. The van der Waals surface area contributed by atoms with Crippen LogP contribution in [0.1, 0.15) is 59.9 Å². The second-order valence-corrected chi connectivity index (χ2v) is 6.56. The lowest BCUT2D eigenvalue weighted by Gasteiger charge is -2.05. The molecule has 0 aliphatic heterocycles. The Balaban J connectivity index is 2.13. The molecule has 0 radical (unpaired) electrons. The second-order valence-electron chi connectivity index (χ2n) is 5.47. The minimum atomic E-state index is -0.949. The molecular weight excluding hydrogens is 288 g/mol. The number of carbonyl (C=O) groups is 1. The van der Waals surface area contributed by atoms with Gasteiger partial charge in [-0.2, -0.15) is 5.10 Å². The van der Waals surface area contributed by atoms with Crippen molar-refractivity contribution in [2.45, 2.75) is 46.3 Å². The molecule has 2 rings (SSSR count). The molecule has 1 N–H and O–H groups in total. The van der Waals surface area contributed by atoms with E-state index in [-0.39, 0.29) is 17.4 Å². The summed E-state index contributed by atoms with van der Waals surface area (Å²) >= 11 is 1.27. The normalized spacial score (nSPS) is 11.3. The molecule has 0 unspecified atom stereocenters. The number of hydrogen-bond donors (Lipinski definition) is 1. The van der Waals surface area contributed by atoms with Crippen LogP contribution in [0, 0.1) is 0 Å². The summed E-state index contributed by atoms with van der Waals surface area (Å²) < 4.78 is 7.51. The molecule has 2 aromatic rings. The lowest BCUT2D eigenvalue weighted by Crippen LogP contribution is -2.04. The van der Waals surface area contributed by atoms with Crippen LogP contribution in [0.4, 0.5) is 0 Å². The molecule has 0 atom stereocenters. The first-order valence-corrected chi connectivity index (χ1v) is 7.74. The van der Waals surface area contributed by atoms with Crippen molar-refractivity contribution < 1.29 is 14.6 Å². The van der Waals surface area contributed by atoms with E-state index in [1.165, 1.54) is 11.3 Å². The molecule has 0 saturated carbocycles. The van der Waals surface area contributed by atoms with Crippen molar-refractivity contribution in [3.05, 3.63) is 33.8 Å². The number of carboxylic acid groups (broad SMARTS) is 1. The van der Waals surface area contributed by atoms with Gasteiger partial charge in [0.15, 0.2) is 4.88 Å². The molecule has 0 saturated heterocycles. The highest BCUT2D eigenvalue weighted by Crippen LogP contribution is 2.34. The molecule has 6 heteroatoms. The van der Waals surface area contributed by atoms with Crippen molar-refractivity contribution in [2.75, 3.05) is 0 Å². The summed E-state index contributed by atoms with van der Waals surface area (Å²) in [5.41, 5.74) is 0.789. The molecule has 0 aliphatic rings. The number of hydrogen-bond acceptors (Lipinski definition) is 4. The number of carboxylic acids is 1. The zero-order chi connectivity index (χ0) is 15.6. The summed E-state index contributed by atoms with van der Waals surface area (Å²) in [6.45, 7) is 8.44. The fraction of sp³-hybridized carbons (Fsp3) is 0.467. The van der Waals surface area contributed by atoms with Gasteiger partial charge in [-0.25, -0.2) is 4.79 Å². The van der Waals surface area contributed by atoms with Gasteiger partial charge >= 0.3 is 5.97 Å². The van der Waals surface area contributed by atoms with Crippen LogP contribution in [0.2, 0.25) is 0 Å². The fourth-order valence-electron chi connectivity index (χ4n) is 1.83. The first kappa shape index (κ1) is 15.6. The van der Waals surface area contributed by atoms with Gasteiger partial charge < -0.3 is 9.84 Å². The van der Waals surface area contributed by atoms with Gasteiger partial charge in [-0.3, -0.25) is 4.68 Å². The number of ether oxygens (including phenoxy) is 1. The lowest BCUT2D eigenvalue weighted by molar-refractivity contribution is 0.0697. The molecule has 0 fully saturated rings. The van der Waals surface area contributed by atoms with E-state index in [0.717, 1.165) is 10.6 Å². The summed E-state index contributed by atoms with van der Waals surface area (Å²) in [4.78, 5) is 12.5. The molecular formula is C15H20N2O3S. The van der Waals surface area contributed by atoms with E-state index in [9.17, 15) is 9.90 Å². The van der Waals surface area contributed by atoms with E-state index in [1.54, 1.807) is 0 Å². The fourth-order valence-corrected chi connectivity index (χ4v) is 2.77. The number of rotatable bonds is 6. The van der Waals surface area contributed by atoms with Crippen LogP contribution in [0.3, 0.4) is 0 Å². The van der Waals surface area contributed by atoms with Gasteiger partial charge in [0.2, 0.25) is 0 Å². The van der Waals surface area contributed by atoms with Gasteiger partial charge in [0, 0.05) is 17.1 Å². The Morgan fingerprint density at radius 1 is 1.43 bits per heavy atom. The highest BCUT2D eigenvalue weighted by Gasteiger charge is 2.18. The summed E-state index contributed by atoms with van der Waals surface area (Å²) in [5, 5.41) is 13.6. The maximum absolute atomic E-state index is 11.3. The SMILES string of the molecule is CC(C)c1cc(OCc2ccn(C(C)C)n2)c(C(=O)O)s1. The van der Waals surface area contributed by atoms with Crippen molar-refractivity contribution in [2.24, 2.45) is 0 Å². The molecule has 0 spiro atoms. The topological polar surface area (TPSA) is 64.4 Å².